The van der Waals surface area contributed by atoms with Crippen molar-refractivity contribution in [3.63, 3.8) is 0 Å². The fourth-order valence-corrected chi connectivity index (χ4v) is 4.41. The Morgan fingerprint density at radius 3 is 2.32 bits per heavy atom. The van der Waals surface area contributed by atoms with Crippen LogP contribution in [0, 0.1) is 5.82 Å². The Labute approximate surface area is 202 Å². The summed E-state index contributed by atoms with van der Waals surface area (Å²) in [5, 5.41) is 3.24. The molecule has 0 aliphatic carbocycles. The van der Waals surface area contributed by atoms with E-state index < -0.39 is 10.0 Å². The average Bonchev–Trinajstić information content (AvgIpc) is 2.65. The molecule has 6 nitrogen and oxygen atoms in total. The van der Waals surface area contributed by atoms with Gasteiger partial charge in [0.2, 0.25) is 10.0 Å². The summed E-state index contributed by atoms with van der Waals surface area (Å²) in [4.78, 5) is 6.59. The number of hydrogen-bond donors (Lipinski definition) is 2. The molecule has 0 fully saturated rings. The van der Waals surface area contributed by atoms with Gasteiger partial charge in [-0.1, -0.05) is 36.4 Å². The van der Waals surface area contributed by atoms with Crippen LogP contribution in [0.25, 0.3) is 0 Å². The standard InChI is InChI=1S/C22H31FN4O2S.HI/c1-5-24-22(27(4)15-20-7-6-8-21(23)13-20)25-14-18-9-11-19(12-10-18)16-30(28,29)26-17(2)3;/h6-13,17,26H,5,14-16H2,1-4H3,(H,24,25);1H. The molecule has 0 saturated heterocycles. The number of aliphatic imine (C=N–C) groups is 1. The molecular weight excluding hydrogens is 530 g/mol. The third kappa shape index (κ3) is 9.96. The Bertz CT molecular complexity index is 950. The molecule has 0 aliphatic rings. The first-order valence-corrected chi connectivity index (χ1v) is 11.7. The van der Waals surface area contributed by atoms with E-state index in [0.29, 0.717) is 19.6 Å². The molecule has 0 bridgehead atoms. The van der Waals surface area contributed by atoms with Crippen molar-refractivity contribution < 1.29 is 12.8 Å². The maximum absolute atomic E-state index is 13.4. The first-order valence-electron chi connectivity index (χ1n) is 10.00. The summed E-state index contributed by atoms with van der Waals surface area (Å²) < 4.78 is 40.1. The molecule has 0 heterocycles. The second-order valence-electron chi connectivity index (χ2n) is 7.50. The Hall–Kier alpha value is -1.72. The molecule has 31 heavy (non-hydrogen) atoms. The first kappa shape index (κ1) is 27.3. The smallest absolute Gasteiger partial charge is 0.216 e. The van der Waals surface area contributed by atoms with Crippen LogP contribution in [0.4, 0.5) is 4.39 Å². The molecule has 2 aromatic carbocycles. The van der Waals surface area contributed by atoms with Crippen LogP contribution in [0.3, 0.4) is 0 Å². The number of sulfonamides is 1. The highest BCUT2D eigenvalue weighted by Gasteiger charge is 2.13. The lowest BCUT2D eigenvalue weighted by Crippen LogP contribution is -2.38. The van der Waals surface area contributed by atoms with Crippen LogP contribution in [0.1, 0.15) is 37.5 Å². The minimum atomic E-state index is -3.34. The first-order chi connectivity index (χ1) is 14.2. The lowest BCUT2D eigenvalue weighted by molar-refractivity contribution is 0.475. The lowest BCUT2D eigenvalue weighted by atomic mass is 10.1. The van der Waals surface area contributed by atoms with Crippen LogP contribution >= 0.6 is 24.0 Å². The number of hydrogen-bond acceptors (Lipinski definition) is 3. The van der Waals surface area contributed by atoms with Gasteiger partial charge in [0.05, 0.1) is 12.3 Å². The van der Waals surface area contributed by atoms with Crippen LogP contribution < -0.4 is 10.0 Å². The number of nitrogens with zero attached hydrogens (tertiary/aromatic N) is 2. The molecule has 0 aliphatic heterocycles. The van der Waals surface area contributed by atoms with Gasteiger partial charge in [0.25, 0.3) is 0 Å². The highest BCUT2D eigenvalue weighted by atomic mass is 127. The van der Waals surface area contributed by atoms with E-state index in [1.165, 1.54) is 12.1 Å². The number of nitrogens with one attached hydrogen (secondary N) is 2. The van der Waals surface area contributed by atoms with Crippen LogP contribution in [0.2, 0.25) is 0 Å². The van der Waals surface area contributed by atoms with Crippen molar-refractivity contribution in [2.24, 2.45) is 4.99 Å². The van der Waals surface area contributed by atoms with Crippen molar-refractivity contribution in [3.05, 3.63) is 71.0 Å². The highest BCUT2D eigenvalue weighted by molar-refractivity contribution is 14.0. The topological polar surface area (TPSA) is 73.8 Å². The van der Waals surface area contributed by atoms with Crippen molar-refractivity contribution in [2.75, 3.05) is 13.6 Å². The predicted molar refractivity (Wildman–Crippen MR) is 135 cm³/mol. The molecule has 9 heteroatoms. The number of guanidine groups is 1. The number of rotatable bonds is 9. The van der Waals surface area contributed by atoms with E-state index in [4.69, 9.17) is 0 Å². The van der Waals surface area contributed by atoms with Crippen molar-refractivity contribution in [3.8, 4) is 0 Å². The van der Waals surface area contributed by atoms with Crippen molar-refractivity contribution in [1.29, 1.82) is 0 Å². The van der Waals surface area contributed by atoms with Gasteiger partial charge in [-0.3, -0.25) is 0 Å². The zero-order chi connectivity index (χ0) is 22.1. The van der Waals surface area contributed by atoms with Gasteiger partial charge in [-0.2, -0.15) is 0 Å². The largest absolute Gasteiger partial charge is 0.357 e. The molecule has 0 aromatic heterocycles. The van der Waals surface area contributed by atoms with E-state index in [2.05, 4.69) is 15.0 Å². The normalized spacial score (nSPS) is 11.9. The summed E-state index contributed by atoms with van der Waals surface area (Å²) in [7, 11) is -1.44. The molecule has 0 spiro atoms. The maximum atomic E-state index is 13.4. The van der Waals surface area contributed by atoms with Gasteiger partial charge in [-0.15, -0.1) is 24.0 Å². The van der Waals surface area contributed by atoms with Crippen molar-refractivity contribution >= 4 is 40.0 Å². The van der Waals surface area contributed by atoms with E-state index in [0.717, 1.165) is 22.6 Å². The third-order valence-corrected chi connectivity index (χ3v) is 5.76. The molecule has 0 radical (unpaired) electrons. The monoisotopic (exact) mass is 562 g/mol. The van der Waals surface area contributed by atoms with Gasteiger partial charge in [0, 0.05) is 26.2 Å². The second kappa shape index (κ2) is 13.0. The zero-order valence-electron chi connectivity index (χ0n) is 18.4. The third-order valence-electron chi connectivity index (χ3n) is 4.21. The molecule has 2 N–H and O–H groups in total. The summed E-state index contributed by atoms with van der Waals surface area (Å²) in [6.07, 6.45) is 0. The van der Waals surface area contributed by atoms with Crippen LogP contribution in [-0.4, -0.2) is 38.9 Å². The van der Waals surface area contributed by atoms with Gasteiger partial charge >= 0.3 is 0 Å². The van der Waals surface area contributed by atoms with Crippen LogP contribution in [0.15, 0.2) is 53.5 Å². The molecule has 172 valence electrons. The second-order valence-corrected chi connectivity index (χ2v) is 9.26. The van der Waals surface area contributed by atoms with Gasteiger partial charge in [0.1, 0.15) is 5.82 Å². The average molecular weight is 562 g/mol. The van der Waals surface area contributed by atoms with Gasteiger partial charge in [0.15, 0.2) is 5.96 Å². The number of benzene rings is 2. The van der Waals surface area contributed by atoms with E-state index in [-0.39, 0.29) is 41.6 Å². The van der Waals surface area contributed by atoms with Gasteiger partial charge < -0.3 is 10.2 Å². The SMILES string of the molecule is CCNC(=NCc1ccc(CS(=O)(=O)NC(C)C)cc1)N(C)Cc1cccc(F)c1.I. The Morgan fingerprint density at radius 1 is 1.10 bits per heavy atom. The summed E-state index contributed by atoms with van der Waals surface area (Å²) in [5.41, 5.74) is 2.57. The molecule has 0 unspecified atom stereocenters. The maximum Gasteiger partial charge on any atom is 0.216 e. The number of halogens is 2. The zero-order valence-corrected chi connectivity index (χ0v) is 21.6. The Kier molecular flexibility index (Phi) is 11.4. The molecule has 2 rings (SSSR count). The van der Waals surface area contributed by atoms with E-state index >= 15 is 0 Å². The Balaban J connectivity index is 0.00000480. The summed E-state index contributed by atoms with van der Waals surface area (Å²) in [5.74, 6) is 0.413. The minimum absolute atomic E-state index is 0. The summed E-state index contributed by atoms with van der Waals surface area (Å²) in [6.45, 7) is 7.28. The quantitative estimate of drug-likeness (QED) is 0.277. The molecule has 0 amide bonds. The molecule has 2 aromatic rings. The van der Waals surface area contributed by atoms with Gasteiger partial charge in [-0.25, -0.2) is 22.5 Å². The molecule has 0 saturated carbocycles. The van der Waals surface area contributed by atoms with Crippen LogP contribution in [-0.2, 0) is 28.9 Å². The minimum Gasteiger partial charge on any atom is -0.357 e. The lowest BCUT2D eigenvalue weighted by Gasteiger charge is -2.22. The van der Waals surface area contributed by atoms with Gasteiger partial charge in [-0.05, 0) is 49.6 Å². The predicted octanol–water partition coefficient (Wildman–Crippen LogP) is 3.87. The molecule has 0 atom stereocenters. The summed E-state index contributed by atoms with van der Waals surface area (Å²) >= 11 is 0. The van der Waals surface area contributed by atoms with E-state index in [1.54, 1.807) is 19.9 Å². The van der Waals surface area contributed by atoms with E-state index in [1.807, 2.05) is 49.2 Å². The van der Waals surface area contributed by atoms with E-state index in [9.17, 15) is 12.8 Å². The van der Waals surface area contributed by atoms with Crippen molar-refractivity contribution in [2.45, 2.75) is 45.7 Å². The summed E-state index contributed by atoms with van der Waals surface area (Å²) in [6, 6.07) is 13.8. The van der Waals surface area contributed by atoms with Crippen molar-refractivity contribution in [1.82, 2.24) is 14.9 Å². The highest BCUT2D eigenvalue weighted by Crippen LogP contribution is 2.10. The molecular formula is C22H32FIN4O2S. The Morgan fingerprint density at radius 2 is 1.74 bits per heavy atom. The fraction of sp³-hybridized carbons (Fsp3) is 0.409. The van der Waals surface area contributed by atoms with Crippen LogP contribution in [0.5, 0.6) is 0 Å². The fourth-order valence-electron chi connectivity index (χ4n) is 2.98.